The molecular formula is C26H26N6O2. The zero-order chi connectivity index (χ0) is 22.5. The van der Waals surface area contributed by atoms with E-state index in [-0.39, 0.29) is 5.60 Å². The standard InChI is InChI=1S/C26H26N6O2/c1-2-8-26(7-1)16-32(10-11-33-26)15-24-30-31-25(34-24)20-12-17(13-23-21(20)14-28-29-23)18-4-3-5-22-19(18)6-9-27-22/h3-6,9,12-14,27H,1-2,7-8,10-11,15-16H2,(H,28,29). The van der Waals surface area contributed by atoms with Gasteiger partial charge in [0.25, 0.3) is 0 Å². The summed E-state index contributed by atoms with van der Waals surface area (Å²) < 4.78 is 12.4. The fraction of sp³-hybridized carbons (Fsp3) is 0.346. The molecule has 0 atom stereocenters. The molecule has 1 aliphatic heterocycles. The summed E-state index contributed by atoms with van der Waals surface area (Å²) in [7, 11) is 0. The summed E-state index contributed by atoms with van der Waals surface area (Å²) in [5, 5.41) is 18.4. The SMILES string of the molecule is c1cc(-c2cc(-c3nnc(CN4CCOC5(CCCC5)C4)o3)c3cn[nH]c3c2)c2cc[nH]c2c1. The first-order valence-corrected chi connectivity index (χ1v) is 12.0. The number of morpholine rings is 1. The van der Waals surface area contributed by atoms with Crippen molar-refractivity contribution in [1.29, 1.82) is 0 Å². The van der Waals surface area contributed by atoms with E-state index in [0.717, 1.165) is 65.6 Å². The molecule has 0 radical (unpaired) electrons. The minimum atomic E-state index is 0.0254. The Hall–Kier alpha value is -3.49. The van der Waals surface area contributed by atoms with Crippen LogP contribution < -0.4 is 0 Å². The first kappa shape index (κ1) is 19.9. The maximum absolute atomic E-state index is 6.21. The topological polar surface area (TPSA) is 95.9 Å². The Balaban J connectivity index is 1.23. The highest BCUT2D eigenvalue weighted by atomic mass is 16.5. The minimum Gasteiger partial charge on any atom is -0.419 e. The van der Waals surface area contributed by atoms with E-state index in [2.05, 4.69) is 66.7 Å². The molecule has 0 unspecified atom stereocenters. The predicted molar refractivity (Wildman–Crippen MR) is 129 cm³/mol. The molecule has 1 saturated heterocycles. The lowest BCUT2D eigenvalue weighted by atomic mass is 9.98. The lowest BCUT2D eigenvalue weighted by Gasteiger charge is -2.40. The average molecular weight is 455 g/mol. The number of nitrogens with zero attached hydrogens (tertiary/aromatic N) is 4. The average Bonchev–Trinajstić information content (AvgIpc) is 3.65. The van der Waals surface area contributed by atoms with E-state index in [1.807, 2.05) is 12.4 Å². The van der Waals surface area contributed by atoms with Crippen molar-refractivity contribution in [3.05, 3.63) is 54.7 Å². The molecule has 0 amide bonds. The van der Waals surface area contributed by atoms with Gasteiger partial charge in [0.15, 0.2) is 0 Å². The first-order valence-electron chi connectivity index (χ1n) is 12.0. The lowest BCUT2D eigenvalue weighted by molar-refractivity contribution is -0.108. The van der Waals surface area contributed by atoms with Crippen LogP contribution in [0.4, 0.5) is 0 Å². The van der Waals surface area contributed by atoms with E-state index in [9.17, 15) is 0 Å². The van der Waals surface area contributed by atoms with Crippen molar-refractivity contribution < 1.29 is 9.15 Å². The van der Waals surface area contributed by atoms with Crippen LogP contribution in [-0.2, 0) is 11.3 Å². The van der Waals surface area contributed by atoms with Crippen molar-refractivity contribution in [2.45, 2.75) is 37.8 Å². The Morgan fingerprint density at radius 3 is 2.88 bits per heavy atom. The van der Waals surface area contributed by atoms with Crippen molar-refractivity contribution in [3.8, 4) is 22.6 Å². The quantitative estimate of drug-likeness (QED) is 0.401. The smallest absolute Gasteiger partial charge is 0.248 e. The van der Waals surface area contributed by atoms with Crippen LogP contribution in [0.5, 0.6) is 0 Å². The molecule has 3 aromatic heterocycles. The molecule has 1 saturated carbocycles. The fourth-order valence-corrected chi connectivity index (χ4v) is 5.72. The number of benzene rings is 2. The van der Waals surface area contributed by atoms with Gasteiger partial charge in [-0.3, -0.25) is 10.00 Å². The molecule has 8 nitrogen and oxygen atoms in total. The Labute approximate surface area is 196 Å². The normalized spacial score (nSPS) is 18.5. The maximum Gasteiger partial charge on any atom is 0.248 e. The summed E-state index contributed by atoms with van der Waals surface area (Å²) >= 11 is 0. The molecule has 1 aliphatic carbocycles. The number of H-pyrrole nitrogens is 2. The highest BCUT2D eigenvalue weighted by Crippen LogP contribution is 2.37. The van der Waals surface area contributed by atoms with Crippen molar-refractivity contribution in [3.63, 3.8) is 0 Å². The second-order valence-electron chi connectivity index (χ2n) is 9.55. The van der Waals surface area contributed by atoms with Gasteiger partial charge in [0.2, 0.25) is 11.8 Å². The van der Waals surface area contributed by atoms with Crippen LogP contribution in [0.1, 0.15) is 31.6 Å². The zero-order valence-corrected chi connectivity index (χ0v) is 18.9. The van der Waals surface area contributed by atoms with Gasteiger partial charge < -0.3 is 14.1 Å². The van der Waals surface area contributed by atoms with Crippen LogP contribution in [0, 0.1) is 0 Å². The van der Waals surface area contributed by atoms with E-state index in [0.29, 0.717) is 18.3 Å². The van der Waals surface area contributed by atoms with Crippen molar-refractivity contribution in [1.82, 2.24) is 30.3 Å². The third-order valence-electron chi connectivity index (χ3n) is 7.36. The second-order valence-corrected chi connectivity index (χ2v) is 9.55. The molecule has 1 spiro atoms. The highest BCUT2D eigenvalue weighted by Gasteiger charge is 2.39. The van der Waals surface area contributed by atoms with Gasteiger partial charge in [-0.15, -0.1) is 10.2 Å². The van der Waals surface area contributed by atoms with E-state index in [4.69, 9.17) is 9.15 Å². The van der Waals surface area contributed by atoms with Crippen molar-refractivity contribution >= 4 is 21.8 Å². The largest absolute Gasteiger partial charge is 0.419 e. The molecule has 8 heteroatoms. The zero-order valence-electron chi connectivity index (χ0n) is 18.9. The summed E-state index contributed by atoms with van der Waals surface area (Å²) in [4.78, 5) is 5.69. The van der Waals surface area contributed by atoms with Gasteiger partial charge in [-0.1, -0.05) is 25.0 Å². The van der Waals surface area contributed by atoms with Gasteiger partial charge in [0.1, 0.15) is 0 Å². The van der Waals surface area contributed by atoms with E-state index >= 15 is 0 Å². The third kappa shape index (κ3) is 3.33. The Morgan fingerprint density at radius 1 is 1.00 bits per heavy atom. The van der Waals surface area contributed by atoms with Gasteiger partial charge >= 0.3 is 0 Å². The molecule has 2 N–H and O–H groups in total. The summed E-state index contributed by atoms with van der Waals surface area (Å²) in [5.41, 5.74) is 5.18. The van der Waals surface area contributed by atoms with Gasteiger partial charge in [-0.25, -0.2) is 0 Å². The van der Waals surface area contributed by atoms with Crippen LogP contribution in [0.3, 0.4) is 0 Å². The molecule has 7 rings (SSSR count). The van der Waals surface area contributed by atoms with Crippen LogP contribution in [0.25, 0.3) is 44.4 Å². The number of aromatic nitrogens is 5. The molecule has 2 fully saturated rings. The number of aromatic amines is 2. The van der Waals surface area contributed by atoms with Crippen molar-refractivity contribution in [2.75, 3.05) is 19.7 Å². The van der Waals surface area contributed by atoms with Gasteiger partial charge in [-0.05, 0) is 48.2 Å². The molecule has 4 heterocycles. The molecular weight excluding hydrogens is 428 g/mol. The van der Waals surface area contributed by atoms with E-state index in [1.54, 1.807) is 0 Å². The number of fused-ring (bicyclic) bond motifs is 2. The van der Waals surface area contributed by atoms with Gasteiger partial charge in [0, 0.05) is 35.6 Å². The number of rotatable bonds is 4. The third-order valence-corrected chi connectivity index (χ3v) is 7.36. The summed E-state index contributed by atoms with van der Waals surface area (Å²) in [5.74, 6) is 1.16. The van der Waals surface area contributed by atoms with Crippen LogP contribution in [0.15, 0.2) is 53.2 Å². The fourth-order valence-electron chi connectivity index (χ4n) is 5.72. The van der Waals surface area contributed by atoms with Gasteiger partial charge in [0.05, 0.1) is 36.0 Å². The molecule has 2 aliphatic rings. The van der Waals surface area contributed by atoms with E-state index in [1.165, 1.54) is 18.2 Å². The number of hydrogen-bond donors (Lipinski definition) is 2. The highest BCUT2D eigenvalue weighted by molar-refractivity contribution is 6.01. The second kappa shape index (κ2) is 7.78. The molecule has 0 bridgehead atoms. The van der Waals surface area contributed by atoms with Crippen LogP contribution in [-0.4, -0.2) is 55.6 Å². The minimum absolute atomic E-state index is 0.0254. The van der Waals surface area contributed by atoms with Gasteiger partial charge in [-0.2, -0.15) is 5.10 Å². The predicted octanol–water partition coefficient (Wildman–Crippen LogP) is 4.91. The Morgan fingerprint density at radius 2 is 1.94 bits per heavy atom. The van der Waals surface area contributed by atoms with E-state index < -0.39 is 0 Å². The first-order chi connectivity index (χ1) is 16.8. The van der Waals surface area contributed by atoms with Crippen LogP contribution >= 0.6 is 0 Å². The number of ether oxygens (including phenoxy) is 1. The maximum atomic E-state index is 6.21. The number of nitrogens with one attached hydrogen (secondary N) is 2. The molecule has 5 aromatic rings. The molecule has 34 heavy (non-hydrogen) atoms. The monoisotopic (exact) mass is 454 g/mol. The molecule has 172 valence electrons. The number of hydrogen-bond acceptors (Lipinski definition) is 6. The summed E-state index contributed by atoms with van der Waals surface area (Å²) in [6, 6.07) is 12.6. The Bertz CT molecular complexity index is 1480. The van der Waals surface area contributed by atoms with Crippen molar-refractivity contribution in [2.24, 2.45) is 0 Å². The summed E-state index contributed by atoms with van der Waals surface area (Å²) in [6.07, 6.45) is 8.60. The molecule has 2 aromatic carbocycles. The van der Waals surface area contributed by atoms with Crippen LogP contribution in [0.2, 0.25) is 0 Å². The Kier molecular flexibility index (Phi) is 4.56. The lowest BCUT2D eigenvalue weighted by Crippen LogP contribution is -2.49. The summed E-state index contributed by atoms with van der Waals surface area (Å²) in [6.45, 7) is 3.24.